The van der Waals surface area contributed by atoms with Crippen LogP contribution in [0.2, 0.25) is 0 Å². The van der Waals surface area contributed by atoms with Gasteiger partial charge in [-0.2, -0.15) is 6.08 Å². The van der Waals surface area contributed by atoms with E-state index in [1.807, 2.05) is 0 Å². The van der Waals surface area contributed by atoms with Gasteiger partial charge in [-0.05, 0) is 0 Å². The molecule has 4 heteroatoms. The SMILES string of the molecule is O=C(O)C1C=CC=C[C-]1O.[K+]. The second kappa shape index (κ2) is 5.13. The zero-order valence-electron chi connectivity index (χ0n) is 6.19. The molecule has 0 radical (unpaired) electrons. The summed E-state index contributed by atoms with van der Waals surface area (Å²) in [6.45, 7) is 0. The predicted octanol–water partition coefficient (Wildman–Crippen LogP) is -2.28. The quantitative estimate of drug-likeness (QED) is 0.351. The second-order valence-electron chi connectivity index (χ2n) is 1.98. The smallest absolute Gasteiger partial charge is 0.482 e. The van der Waals surface area contributed by atoms with E-state index in [-0.39, 0.29) is 57.5 Å². The van der Waals surface area contributed by atoms with E-state index in [4.69, 9.17) is 10.2 Å². The van der Waals surface area contributed by atoms with Crippen LogP contribution in [0.4, 0.5) is 0 Å². The molecule has 1 aliphatic carbocycles. The average molecular weight is 178 g/mol. The molecule has 1 atom stereocenters. The zero-order chi connectivity index (χ0) is 7.56. The first-order valence-electron chi connectivity index (χ1n) is 2.85. The molecule has 0 aliphatic heterocycles. The van der Waals surface area contributed by atoms with Crippen LogP contribution in [0.1, 0.15) is 0 Å². The summed E-state index contributed by atoms with van der Waals surface area (Å²) in [6, 6.07) is 0. The van der Waals surface area contributed by atoms with Crippen molar-refractivity contribution in [2.45, 2.75) is 0 Å². The van der Waals surface area contributed by atoms with Crippen molar-refractivity contribution >= 4 is 5.97 Å². The van der Waals surface area contributed by atoms with Gasteiger partial charge < -0.3 is 10.2 Å². The van der Waals surface area contributed by atoms with Gasteiger partial charge in [0.2, 0.25) is 0 Å². The minimum Gasteiger partial charge on any atom is -0.482 e. The van der Waals surface area contributed by atoms with Crippen molar-refractivity contribution in [3.8, 4) is 0 Å². The summed E-state index contributed by atoms with van der Waals surface area (Å²) < 4.78 is 0. The Morgan fingerprint density at radius 2 is 2.09 bits per heavy atom. The summed E-state index contributed by atoms with van der Waals surface area (Å²) in [5.74, 6) is -1.89. The number of hydrogen-bond donors (Lipinski definition) is 2. The van der Waals surface area contributed by atoms with Gasteiger partial charge in [-0.1, -0.05) is 12.2 Å². The van der Waals surface area contributed by atoms with Crippen molar-refractivity contribution in [2.75, 3.05) is 0 Å². The van der Waals surface area contributed by atoms with E-state index in [9.17, 15) is 4.79 Å². The molecular formula is C7H7KO3. The van der Waals surface area contributed by atoms with Crippen molar-refractivity contribution in [2.24, 2.45) is 5.92 Å². The van der Waals surface area contributed by atoms with Crippen LogP contribution < -0.4 is 51.4 Å². The molecule has 1 unspecified atom stereocenters. The first-order chi connectivity index (χ1) is 4.72. The Kier molecular flexibility index (Phi) is 5.33. The van der Waals surface area contributed by atoms with Crippen LogP contribution in [0.25, 0.3) is 0 Å². The van der Waals surface area contributed by atoms with Crippen LogP contribution in [0.3, 0.4) is 0 Å². The van der Waals surface area contributed by atoms with Gasteiger partial charge in [-0.3, -0.25) is 4.79 Å². The first-order valence-corrected chi connectivity index (χ1v) is 2.85. The summed E-state index contributed by atoms with van der Waals surface area (Å²) in [7, 11) is 0. The fraction of sp³-hybridized carbons (Fsp3) is 0.143. The van der Waals surface area contributed by atoms with Crippen LogP contribution in [0, 0.1) is 12.0 Å². The molecule has 0 saturated carbocycles. The number of carboxylic acid groups (broad SMARTS) is 1. The minimum absolute atomic E-state index is 0. The number of aliphatic hydroxyl groups excluding tert-OH is 1. The van der Waals surface area contributed by atoms with E-state index in [2.05, 4.69) is 0 Å². The second-order valence-corrected chi connectivity index (χ2v) is 1.98. The van der Waals surface area contributed by atoms with Crippen LogP contribution >= 0.6 is 0 Å². The molecule has 0 amide bonds. The van der Waals surface area contributed by atoms with Gasteiger partial charge in [0.25, 0.3) is 5.97 Å². The van der Waals surface area contributed by atoms with E-state index in [1.54, 1.807) is 12.2 Å². The predicted molar refractivity (Wildman–Crippen MR) is 34.6 cm³/mol. The number of rotatable bonds is 1. The van der Waals surface area contributed by atoms with Gasteiger partial charge in [0.1, 0.15) is 0 Å². The zero-order valence-corrected chi connectivity index (χ0v) is 9.31. The van der Waals surface area contributed by atoms with Gasteiger partial charge >= 0.3 is 51.4 Å². The van der Waals surface area contributed by atoms with Crippen molar-refractivity contribution in [3.05, 3.63) is 30.4 Å². The summed E-state index contributed by atoms with van der Waals surface area (Å²) in [6.07, 6.45) is 5.87. The molecule has 0 bridgehead atoms. The Bertz CT molecular complexity index is 198. The Morgan fingerprint density at radius 3 is 2.45 bits per heavy atom. The summed E-state index contributed by atoms with van der Waals surface area (Å²) in [5, 5.41) is 17.4. The van der Waals surface area contributed by atoms with Crippen LogP contribution in [-0.2, 0) is 4.79 Å². The molecule has 0 heterocycles. The molecule has 0 spiro atoms. The Labute approximate surface area is 107 Å². The van der Waals surface area contributed by atoms with Crippen LogP contribution in [0.5, 0.6) is 0 Å². The fourth-order valence-electron chi connectivity index (χ4n) is 0.740. The molecule has 1 rings (SSSR count). The molecule has 0 aromatic heterocycles. The van der Waals surface area contributed by atoms with Gasteiger partial charge in [0.05, 0.1) is 5.92 Å². The molecule has 0 saturated heterocycles. The molecule has 1 aliphatic rings. The van der Waals surface area contributed by atoms with Gasteiger partial charge in [-0.25, -0.2) is 6.08 Å². The fourth-order valence-corrected chi connectivity index (χ4v) is 0.740. The van der Waals surface area contributed by atoms with E-state index >= 15 is 0 Å². The largest absolute Gasteiger partial charge is 1.00 e. The minimum atomic E-state index is -1.03. The van der Waals surface area contributed by atoms with Crippen molar-refractivity contribution in [1.82, 2.24) is 0 Å². The molecule has 2 N–H and O–H groups in total. The molecular weight excluding hydrogens is 171 g/mol. The number of hydrogen-bond acceptors (Lipinski definition) is 2. The molecule has 0 aromatic carbocycles. The topological polar surface area (TPSA) is 57.5 Å². The number of allylic oxidation sites excluding steroid dienone is 2. The van der Waals surface area contributed by atoms with Crippen molar-refractivity contribution in [1.29, 1.82) is 0 Å². The molecule has 0 aromatic rings. The third kappa shape index (κ3) is 3.10. The molecule has 54 valence electrons. The van der Waals surface area contributed by atoms with Crippen LogP contribution in [0.15, 0.2) is 24.3 Å². The van der Waals surface area contributed by atoms with Gasteiger partial charge in [0, 0.05) is 0 Å². The van der Waals surface area contributed by atoms with Gasteiger partial charge in [0.15, 0.2) is 0 Å². The average Bonchev–Trinajstić information content (AvgIpc) is 1.88. The van der Waals surface area contributed by atoms with Crippen molar-refractivity contribution < 1.29 is 66.4 Å². The molecule has 3 nitrogen and oxygen atoms in total. The molecule has 11 heavy (non-hydrogen) atoms. The van der Waals surface area contributed by atoms with E-state index in [1.165, 1.54) is 12.2 Å². The van der Waals surface area contributed by atoms with Crippen LogP contribution in [-0.4, -0.2) is 16.2 Å². The third-order valence-electron chi connectivity index (χ3n) is 1.27. The number of aliphatic hydroxyl groups is 1. The summed E-state index contributed by atoms with van der Waals surface area (Å²) >= 11 is 0. The monoisotopic (exact) mass is 178 g/mol. The Morgan fingerprint density at radius 1 is 1.45 bits per heavy atom. The third-order valence-corrected chi connectivity index (χ3v) is 1.27. The summed E-state index contributed by atoms with van der Waals surface area (Å²) in [5.41, 5.74) is 0. The Hall–Kier alpha value is 0.416. The van der Waals surface area contributed by atoms with Gasteiger partial charge in [-0.15, -0.1) is 6.08 Å². The molecule has 0 fully saturated rings. The number of carboxylic acids is 1. The maximum absolute atomic E-state index is 10.3. The maximum atomic E-state index is 10.3. The Balaban J connectivity index is 0.000001000. The van der Waals surface area contributed by atoms with E-state index < -0.39 is 11.9 Å². The first kappa shape index (κ1) is 11.4. The van der Waals surface area contributed by atoms with E-state index in [0.717, 1.165) is 0 Å². The summed E-state index contributed by atoms with van der Waals surface area (Å²) in [4.78, 5) is 10.3. The van der Waals surface area contributed by atoms with E-state index in [0.29, 0.717) is 0 Å². The normalized spacial score (nSPS) is 21.2. The van der Waals surface area contributed by atoms with Crippen molar-refractivity contribution in [3.63, 3.8) is 0 Å². The number of aliphatic carboxylic acids is 1. The standard InChI is InChI=1S/C7H7O3.K/c8-6-4-2-1-3-5(6)7(9)10;/h1-5,8H,(H,9,10);/q-1;+1. The maximum Gasteiger partial charge on any atom is 1.00 e. The number of carbonyl (C=O) groups is 1.